The topological polar surface area (TPSA) is 35.2 Å². The van der Waals surface area contributed by atoms with Crippen LogP contribution in [0.25, 0.3) is 0 Å². The maximum atomic E-state index is 6.05. The molecular formula is C13H13BrClNOS. The van der Waals surface area contributed by atoms with E-state index in [4.69, 9.17) is 22.1 Å². The van der Waals surface area contributed by atoms with Gasteiger partial charge in [0.05, 0.1) is 0 Å². The molecule has 2 nitrogen and oxygen atoms in total. The van der Waals surface area contributed by atoms with Crippen LogP contribution >= 0.6 is 38.9 Å². The van der Waals surface area contributed by atoms with E-state index in [2.05, 4.69) is 15.9 Å². The first-order chi connectivity index (χ1) is 8.65. The highest BCUT2D eigenvalue weighted by atomic mass is 79.9. The second-order valence-corrected chi connectivity index (χ2v) is 6.21. The zero-order chi connectivity index (χ0) is 13.0. The molecule has 1 heterocycles. The summed E-state index contributed by atoms with van der Waals surface area (Å²) >= 11 is 11.0. The zero-order valence-electron chi connectivity index (χ0n) is 9.61. The van der Waals surface area contributed by atoms with Crippen LogP contribution in [0.4, 0.5) is 0 Å². The first-order valence-corrected chi connectivity index (χ1v) is 7.56. The van der Waals surface area contributed by atoms with Gasteiger partial charge in [-0.05, 0) is 51.6 Å². The number of benzene rings is 1. The van der Waals surface area contributed by atoms with Gasteiger partial charge in [0, 0.05) is 26.8 Å². The Kier molecular flexibility index (Phi) is 5.06. The van der Waals surface area contributed by atoms with Crippen LogP contribution in [-0.4, -0.2) is 12.6 Å². The molecule has 1 aromatic heterocycles. The molecule has 0 aliphatic carbocycles. The van der Waals surface area contributed by atoms with Gasteiger partial charge in [0.25, 0.3) is 0 Å². The normalized spacial score (nSPS) is 12.4. The van der Waals surface area contributed by atoms with Crippen LogP contribution in [0.3, 0.4) is 0 Å². The minimum Gasteiger partial charge on any atom is -0.492 e. The molecule has 2 N–H and O–H groups in total. The van der Waals surface area contributed by atoms with Gasteiger partial charge in [0.15, 0.2) is 0 Å². The minimum atomic E-state index is -0.0179. The molecule has 2 rings (SSSR count). The van der Waals surface area contributed by atoms with E-state index in [0.717, 1.165) is 16.6 Å². The first-order valence-electron chi connectivity index (χ1n) is 5.51. The molecule has 0 amide bonds. The Hall–Kier alpha value is -0.550. The largest absolute Gasteiger partial charge is 0.492 e. The fourth-order valence-corrected chi connectivity index (χ4v) is 3.24. The number of halogens is 2. The lowest BCUT2D eigenvalue weighted by molar-refractivity contribution is 0.288. The van der Waals surface area contributed by atoms with Crippen molar-refractivity contribution in [3.8, 4) is 5.75 Å². The molecule has 1 aromatic carbocycles. The maximum absolute atomic E-state index is 6.05. The molecule has 0 saturated heterocycles. The second-order valence-electron chi connectivity index (χ2n) is 3.92. The van der Waals surface area contributed by atoms with E-state index in [1.54, 1.807) is 23.5 Å². The molecule has 96 valence electrons. The van der Waals surface area contributed by atoms with E-state index in [-0.39, 0.29) is 6.04 Å². The van der Waals surface area contributed by atoms with Crippen LogP contribution in [0, 0.1) is 0 Å². The van der Waals surface area contributed by atoms with E-state index in [1.165, 1.54) is 4.88 Å². The lowest BCUT2D eigenvalue weighted by Crippen LogP contribution is -2.29. The molecule has 0 radical (unpaired) electrons. The van der Waals surface area contributed by atoms with Gasteiger partial charge in [-0.25, -0.2) is 0 Å². The van der Waals surface area contributed by atoms with Crippen molar-refractivity contribution in [2.45, 2.75) is 12.5 Å². The molecule has 0 aliphatic rings. The third kappa shape index (κ3) is 3.99. The molecule has 0 fully saturated rings. The summed E-state index contributed by atoms with van der Waals surface area (Å²) in [7, 11) is 0. The number of thiophene rings is 1. The smallest absolute Gasteiger partial charge is 0.119 e. The summed E-state index contributed by atoms with van der Waals surface area (Å²) in [4.78, 5) is 1.25. The van der Waals surface area contributed by atoms with E-state index >= 15 is 0 Å². The van der Waals surface area contributed by atoms with Crippen LogP contribution in [0.15, 0.2) is 40.2 Å². The van der Waals surface area contributed by atoms with Crippen LogP contribution in [0.2, 0.25) is 5.02 Å². The van der Waals surface area contributed by atoms with Crippen LogP contribution < -0.4 is 10.5 Å². The summed E-state index contributed by atoms with van der Waals surface area (Å²) in [5.74, 6) is 0.792. The highest BCUT2D eigenvalue weighted by molar-refractivity contribution is 9.10. The number of nitrogens with two attached hydrogens (primary N) is 1. The second kappa shape index (κ2) is 6.57. The third-order valence-corrected chi connectivity index (χ3v) is 4.62. The fraction of sp³-hybridized carbons (Fsp3) is 0.231. The molecule has 0 aliphatic heterocycles. The van der Waals surface area contributed by atoms with E-state index in [0.29, 0.717) is 11.6 Å². The van der Waals surface area contributed by atoms with Crippen LogP contribution in [0.1, 0.15) is 4.88 Å². The lowest BCUT2D eigenvalue weighted by atomic mass is 10.2. The van der Waals surface area contributed by atoms with Gasteiger partial charge in [-0.1, -0.05) is 11.6 Å². The number of hydrogen-bond acceptors (Lipinski definition) is 3. The Labute approximate surface area is 124 Å². The molecular weight excluding hydrogens is 334 g/mol. The monoisotopic (exact) mass is 345 g/mol. The van der Waals surface area contributed by atoms with Crippen molar-refractivity contribution in [3.05, 3.63) is 50.1 Å². The molecule has 0 bridgehead atoms. The average molecular weight is 347 g/mol. The molecule has 2 aromatic rings. The Balaban J connectivity index is 1.83. The minimum absolute atomic E-state index is 0.0179. The highest BCUT2D eigenvalue weighted by Gasteiger charge is 2.09. The number of hydrogen-bond donors (Lipinski definition) is 1. The summed E-state index contributed by atoms with van der Waals surface area (Å²) in [6, 6.07) is 9.31. The van der Waals surface area contributed by atoms with Crippen molar-refractivity contribution in [1.82, 2.24) is 0 Å². The summed E-state index contributed by atoms with van der Waals surface area (Å²) in [5.41, 5.74) is 6.05. The number of ether oxygens (including phenoxy) is 1. The lowest BCUT2D eigenvalue weighted by Gasteiger charge is -2.12. The molecule has 18 heavy (non-hydrogen) atoms. The van der Waals surface area contributed by atoms with Crippen molar-refractivity contribution in [1.29, 1.82) is 0 Å². The predicted molar refractivity (Wildman–Crippen MR) is 80.6 cm³/mol. The van der Waals surface area contributed by atoms with Crippen molar-refractivity contribution in [2.24, 2.45) is 5.73 Å². The van der Waals surface area contributed by atoms with Crippen molar-refractivity contribution < 1.29 is 4.74 Å². The number of rotatable bonds is 5. The van der Waals surface area contributed by atoms with Gasteiger partial charge >= 0.3 is 0 Å². The summed E-state index contributed by atoms with van der Waals surface area (Å²) < 4.78 is 6.74. The van der Waals surface area contributed by atoms with Crippen LogP contribution in [0.5, 0.6) is 5.75 Å². The average Bonchev–Trinajstić information content (AvgIpc) is 2.74. The molecule has 5 heteroatoms. The quantitative estimate of drug-likeness (QED) is 0.884. The maximum Gasteiger partial charge on any atom is 0.119 e. The molecule has 0 spiro atoms. The van der Waals surface area contributed by atoms with Gasteiger partial charge in [-0.2, -0.15) is 0 Å². The van der Waals surface area contributed by atoms with Gasteiger partial charge in [-0.3, -0.25) is 0 Å². The van der Waals surface area contributed by atoms with Gasteiger partial charge < -0.3 is 10.5 Å². The first kappa shape index (κ1) is 13.9. The summed E-state index contributed by atoms with van der Waals surface area (Å²) in [6.07, 6.45) is 0.811. The molecule has 1 atom stereocenters. The van der Waals surface area contributed by atoms with Crippen molar-refractivity contribution in [2.75, 3.05) is 6.61 Å². The van der Waals surface area contributed by atoms with E-state index < -0.39 is 0 Å². The van der Waals surface area contributed by atoms with E-state index in [9.17, 15) is 0 Å². The molecule has 0 saturated carbocycles. The van der Waals surface area contributed by atoms with Crippen molar-refractivity contribution in [3.63, 3.8) is 0 Å². The Bertz CT molecular complexity index is 500. The standard InChI is InChI=1S/C13H13BrClNOS/c14-12-5-6-18-13(12)7-10(16)8-17-11-3-1-9(15)2-4-11/h1-6,10H,7-8,16H2. The van der Waals surface area contributed by atoms with E-state index in [1.807, 2.05) is 23.6 Å². The predicted octanol–water partition coefficient (Wildman–Crippen LogP) is 4.11. The third-order valence-electron chi connectivity index (χ3n) is 2.42. The Morgan fingerprint density at radius 1 is 1.28 bits per heavy atom. The fourth-order valence-electron chi connectivity index (χ4n) is 1.50. The molecule has 1 unspecified atom stereocenters. The highest BCUT2D eigenvalue weighted by Crippen LogP contribution is 2.24. The van der Waals surface area contributed by atoms with Crippen molar-refractivity contribution >= 4 is 38.9 Å². The summed E-state index contributed by atoms with van der Waals surface area (Å²) in [6.45, 7) is 0.492. The zero-order valence-corrected chi connectivity index (χ0v) is 12.8. The Morgan fingerprint density at radius 3 is 2.61 bits per heavy atom. The SMILES string of the molecule is NC(COc1ccc(Cl)cc1)Cc1sccc1Br. The van der Waals surface area contributed by atoms with Gasteiger partial charge in [-0.15, -0.1) is 11.3 Å². The summed E-state index contributed by atoms with van der Waals surface area (Å²) in [5, 5.41) is 2.75. The van der Waals surface area contributed by atoms with Gasteiger partial charge in [0.1, 0.15) is 12.4 Å². The Morgan fingerprint density at radius 2 is 2.00 bits per heavy atom. The van der Waals surface area contributed by atoms with Crippen LogP contribution in [-0.2, 0) is 6.42 Å². The van der Waals surface area contributed by atoms with Gasteiger partial charge in [0.2, 0.25) is 0 Å².